The summed E-state index contributed by atoms with van der Waals surface area (Å²) in [4.78, 5) is 66.1. The van der Waals surface area contributed by atoms with Crippen LogP contribution in [0.25, 0.3) is 10.9 Å². The molecular weight excluding hydrogens is 769 g/mol. The normalized spacial score (nSPS) is 36.5. The Morgan fingerprint density at radius 2 is 1.73 bits per heavy atom. The van der Waals surface area contributed by atoms with Gasteiger partial charge in [0.05, 0.1) is 38.7 Å². The Hall–Kier alpha value is -4.76. The van der Waals surface area contributed by atoms with E-state index in [2.05, 4.69) is 20.9 Å². The highest BCUT2D eigenvalue weighted by Crippen LogP contribution is 2.68. The lowest BCUT2D eigenvalue weighted by molar-refractivity contribution is -0.228. The van der Waals surface area contributed by atoms with Crippen LogP contribution in [0.1, 0.15) is 75.3 Å². The zero-order chi connectivity index (χ0) is 42.6. The summed E-state index contributed by atoms with van der Waals surface area (Å²) in [6.07, 6.45) is 5.83. The number of amides is 1. The molecular formula is C46H56N4O10. The predicted molar refractivity (Wildman–Crippen MR) is 221 cm³/mol. The monoisotopic (exact) mass is 824 g/mol. The first-order chi connectivity index (χ1) is 28.8. The molecule has 1 amide bonds. The molecule has 3 fully saturated rings. The van der Waals surface area contributed by atoms with Gasteiger partial charge in [-0.25, -0.2) is 4.79 Å². The Balaban J connectivity index is 1.38. The fourth-order valence-electron chi connectivity index (χ4n) is 13.4. The second-order valence-corrected chi connectivity index (χ2v) is 18.1. The highest BCUT2D eigenvalue weighted by Gasteiger charge is 2.81. The molecule has 1 aliphatic carbocycles. The highest BCUT2D eigenvalue weighted by atomic mass is 16.6. The molecule has 1 aromatic heterocycles. The van der Waals surface area contributed by atoms with E-state index in [0.29, 0.717) is 99.5 Å². The van der Waals surface area contributed by atoms with Crippen LogP contribution in [0.2, 0.25) is 0 Å². The third-order valence-electron chi connectivity index (χ3n) is 15.5. The predicted octanol–water partition coefficient (Wildman–Crippen LogP) is 3.52. The van der Waals surface area contributed by atoms with Crippen molar-refractivity contribution in [2.75, 3.05) is 59.0 Å². The summed E-state index contributed by atoms with van der Waals surface area (Å²) in [6.45, 7) is 8.16. The van der Waals surface area contributed by atoms with Crippen molar-refractivity contribution in [2.45, 2.75) is 99.5 Å². The first-order valence-corrected chi connectivity index (χ1v) is 21.3. The maximum absolute atomic E-state index is 15.3. The number of rotatable bonds is 8. The fraction of sp³-hybridized carbons (Fsp3) is 0.565. The van der Waals surface area contributed by atoms with Crippen molar-refractivity contribution < 1.29 is 48.3 Å². The molecule has 2 bridgehead atoms. The number of carbonyl (C=O) groups is 4. The molecule has 6 heterocycles. The quantitative estimate of drug-likeness (QED) is 0.131. The number of fused-ring (bicyclic) bond motifs is 6. The van der Waals surface area contributed by atoms with Crippen molar-refractivity contribution in [1.82, 2.24) is 14.8 Å². The maximum Gasteiger partial charge on any atom is 0.344 e. The lowest BCUT2D eigenvalue weighted by Crippen LogP contribution is -2.81. The Morgan fingerprint density at radius 3 is 2.42 bits per heavy atom. The third kappa shape index (κ3) is 5.19. The van der Waals surface area contributed by atoms with E-state index in [1.807, 2.05) is 50.3 Å². The minimum atomic E-state index is -2.53. The average molecular weight is 825 g/mol. The van der Waals surface area contributed by atoms with Gasteiger partial charge >= 0.3 is 17.9 Å². The van der Waals surface area contributed by atoms with Gasteiger partial charge in [0, 0.05) is 78.2 Å². The van der Waals surface area contributed by atoms with Crippen LogP contribution < -0.4 is 9.64 Å². The van der Waals surface area contributed by atoms with E-state index in [4.69, 9.17) is 18.9 Å². The van der Waals surface area contributed by atoms with Gasteiger partial charge in [0.15, 0.2) is 6.10 Å². The van der Waals surface area contributed by atoms with Gasteiger partial charge in [0.25, 0.3) is 0 Å². The molecule has 3 unspecified atom stereocenters. The lowest BCUT2D eigenvalue weighted by atomic mass is 9.47. The molecule has 3 aromatic rings. The number of para-hydroxylation sites is 1. The van der Waals surface area contributed by atoms with Gasteiger partial charge in [0.2, 0.25) is 12.0 Å². The number of anilines is 1. The standard InChI is InChI=1S/C46H56N4O10/c1-7-42(55)22-28-23-45(40(53)58-5,36-30(14-18-48(24-28)25-42)29-12-9-10-13-33(29)47-36)32-20-31-34(21-35(32)57-4)50(26-51)38-44(31)16-19-49-17-11-15-43(8-2,37(44)49)39(60-27(3)52)46(38,56)41(54)59-6/h9-13,15,20-21,26,28,37-39,47,55-56H,7-8,14,16-19,22-25H2,1-6H3/t28?,37-,38+,39+,42?,43+,44+,45-,46+/m0/s1. The van der Waals surface area contributed by atoms with Crippen molar-refractivity contribution >= 4 is 40.9 Å². The van der Waals surface area contributed by atoms with E-state index in [-0.39, 0.29) is 12.3 Å². The SMILES string of the molecule is CCC1(O)CC2CN(CCc3c([nH]c4ccccc34)[C@@](C(=O)OC)(c3cc4c(cc3OC)N(C=O)[C@H]3[C@](O)(C(=O)OC)[C@H](OC(C)=O)[C@]5(CC)C=CCN6CC[C@]43[C@@H]65)C2)C1. The van der Waals surface area contributed by atoms with Gasteiger partial charge in [-0.2, -0.15) is 0 Å². The van der Waals surface area contributed by atoms with Crippen LogP contribution in [0.15, 0.2) is 48.6 Å². The van der Waals surface area contributed by atoms with E-state index in [1.165, 1.54) is 33.2 Å². The zero-order valence-electron chi connectivity index (χ0n) is 35.3. The van der Waals surface area contributed by atoms with Crippen LogP contribution >= 0.6 is 0 Å². The number of nitrogens with one attached hydrogen (secondary N) is 1. The minimum absolute atomic E-state index is 0.155. The fourth-order valence-corrected chi connectivity index (χ4v) is 13.4. The molecule has 10 atom stereocenters. The number of esters is 3. The average Bonchev–Trinajstić information content (AvgIpc) is 3.92. The summed E-state index contributed by atoms with van der Waals surface area (Å²) in [5.41, 5.74) is -3.15. The zero-order valence-corrected chi connectivity index (χ0v) is 35.3. The Bertz CT molecular complexity index is 2310. The van der Waals surface area contributed by atoms with Crippen LogP contribution in [-0.4, -0.2) is 133 Å². The number of aliphatic hydroxyl groups is 2. The Morgan fingerprint density at radius 1 is 0.967 bits per heavy atom. The second kappa shape index (κ2) is 14.1. The number of carbonyl (C=O) groups excluding carboxylic acids is 4. The van der Waals surface area contributed by atoms with Crippen molar-refractivity contribution in [2.24, 2.45) is 11.3 Å². The first-order valence-electron chi connectivity index (χ1n) is 21.3. The third-order valence-corrected chi connectivity index (χ3v) is 15.5. The number of nitrogens with zero attached hydrogens (tertiary/aromatic N) is 3. The van der Waals surface area contributed by atoms with Crippen molar-refractivity contribution in [1.29, 1.82) is 0 Å². The molecule has 6 aliphatic rings. The molecule has 3 N–H and O–H groups in total. The van der Waals surface area contributed by atoms with Gasteiger partial charge in [-0.05, 0) is 74.2 Å². The number of hydrogen-bond donors (Lipinski definition) is 3. The van der Waals surface area contributed by atoms with Crippen LogP contribution in [-0.2, 0) is 50.6 Å². The van der Waals surface area contributed by atoms with Gasteiger partial charge in [0.1, 0.15) is 11.2 Å². The number of benzene rings is 2. The molecule has 14 heteroatoms. The van der Waals surface area contributed by atoms with Crippen LogP contribution in [0, 0.1) is 11.3 Å². The number of piperidine rings is 1. The summed E-state index contributed by atoms with van der Waals surface area (Å²) >= 11 is 0. The highest BCUT2D eigenvalue weighted by molar-refractivity contribution is 5.96. The lowest BCUT2D eigenvalue weighted by Gasteiger charge is -2.63. The molecule has 60 heavy (non-hydrogen) atoms. The summed E-state index contributed by atoms with van der Waals surface area (Å²) in [6, 6.07) is 9.97. The summed E-state index contributed by atoms with van der Waals surface area (Å²) < 4.78 is 23.7. The molecule has 5 aliphatic heterocycles. The molecule has 1 spiro atoms. The maximum atomic E-state index is 15.3. The largest absolute Gasteiger partial charge is 0.496 e. The number of aromatic nitrogens is 1. The number of hydrogen-bond acceptors (Lipinski definition) is 12. The Kier molecular flexibility index (Phi) is 9.58. The number of H-pyrrole nitrogens is 1. The molecule has 14 nitrogen and oxygen atoms in total. The van der Waals surface area contributed by atoms with E-state index < -0.39 is 63.5 Å². The summed E-state index contributed by atoms with van der Waals surface area (Å²) in [5, 5.41) is 26.3. The second-order valence-electron chi connectivity index (χ2n) is 18.1. The summed E-state index contributed by atoms with van der Waals surface area (Å²) in [7, 11) is 4.09. The Labute approximate surface area is 349 Å². The van der Waals surface area contributed by atoms with Gasteiger partial charge in [-0.3, -0.25) is 24.2 Å². The molecule has 2 saturated heterocycles. The smallest absolute Gasteiger partial charge is 0.344 e. The molecule has 9 rings (SSSR count). The van der Waals surface area contributed by atoms with Crippen LogP contribution in [0.5, 0.6) is 5.75 Å². The number of ether oxygens (including phenoxy) is 4. The van der Waals surface area contributed by atoms with Gasteiger partial charge < -0.3 is 39.0 Å². The number of aromatic amines is 1. The van der Waals surface area contributed by atoms with Crippen molar-refractivity contribution in [3.8, 4) is 5.75 Å². The first kappa shape index (κ1) is 40.6. The minimum Gasteiger partial charge on any atom is -0.496 e. The van der Waals surface area contributed by atoms with Crippen LogP contribution in [0.3, 0.4) is 0 Å². The molecule has 320 valence electrons. The van der Waals surface area contributed by atoms with Crippen molar-refractivity contribution in [3.63, 3.8) is 0 Å². The number of methoxy groups -OCH3 is 3. The molecule has 2 aromatic carbocycles. The van der Waals surface area contributed by atoms with E-state index in [9.17, 15) is 24.6 Å². The topological polar surface area (TPSA) is 171 Å². The molecule has 0 radical (unpaired) electrons. The van der Waals surface area contributed by atoms with Gasteiger partial charge in [-0.1, -0.05) is 44.2 Å². The van der Waals surface area contributed by atoms with Crippen molar-refractivity contribution in [3.05, 3.63) is 70.9 Å². The molecule has 1 saturated carbocycles. The van der Waals surface area contributed by atoms with Crippen LogP contribution in [0.4, 0.5) is 5.69 Å². The summed E-state index contributed by atoms with van der Waals surface area (Å²) in [5.74, 6) is -2.06. The van der Waals surface area contributed by atoms with E-state index in [0.717, 1.165) is 16.5 Å². The van der Waals surface area contributed by atoms with Gasteiger partial charge in [-0.15, -0.1) is 0 Å². The van der Waals surface area contributed by atoms with E-state index >= 15 is 4.79 Å². The van der Waals surface area contributed by atoms with E-state index in [1.54, 1.807) is 6.07 Å².